The smallest absolute Gasteiger partial charge is 0.399 e. The first-order valence-corrected chi connectivity index (χ1v) is 6.39. The van der Waals surface area contributed by atoms with Gasteiger partial charge in [-0.25, -0.2) is 0 Å². The molecule has 0 bridgehead atoms. The van der Waals surface area contributed by atoms with Crippen molar-refractivity contribution in [3.05, 3.63) is 24.0 Å². The van der Waals surface area contributed by atoms with Crippen LogP contribution in [0.5, 0.6) is 0 Å². The van der Waals surface area contributed by atoms with Gasteiger partial charge in [0.2, 0.25) is 0 Å². The van der Waals surface area contributed by atoms with Gasteiger partial charge >= 0.3 is 7.12 Å². The number of rotatable bonds is 3. The Bertz CT molecular complexity index is 492. The molecule has 1 saturated heterocycles. The molecule has 0 aliphatic carbocycles. The predicted molar refractivity (Wildman–Crippen MR) is 70.9 cm³/mol. The Morgan fingerprint density at radius 1 is 1.20 bits per heavy atom. The summed E-state index contributed by atoms with van der Waals surface area (Å²) in [5, 5.41) is 8.73. The monoisotopic (exact) mass is 285 g/mol. The van der Waals surface area contributed by atoms with Crippen molar-refractivity contribution < 1.29 is 23.2 Å². The molecule has 0 amide bonds. The van der Waals surface area contributed by atoms with Gasteiger partial charge in [-0.3, -0.25) is 4.98 Å². The topological polar surface area (TPSA) is 51.6 Å². The maximum absolute atomic E-state index is 13.5. The number of pyridine rings is 1. The number of aliphatic hydroxyl groups is 1. The predicted octanol–water partition coefficient (Wildman–Crippen LogP) is 1.46. The van der Waals surface area contributed by atoms with E-state index in [1.165, 1.54) is 12.3 Å². The fraction of sp³-hybridized carbons (Fsp3) is 0.615. The maximum atomic E-state index is 13.5. The molecular weight excluding hydrogens is 267 g/mol. The molecule has 0 spiro atoms. The first-order valence-electron chi connectivity index (χ1n) is 6.39. The summed E-state index contributed by atoms with van der Waals surface area (Å²) < 4.78 is 38.5. The fourth-order valence-electron chi connectivity index (χ4n) is 1.86. The molecule has 1 aromatic heterocycles. The molecule has 1 aliphatic heterocycles. The molecule has 0 aromatic carbocycles. The number of aromatic nitrogens is 1. The van der Waals surface area contributed by atoms with Gasteiger partial charge < -0.3 is 14.4 Å². The summed E-state index contributed by atoms with van der Waals surface area (Å²) >= 11 is 0. The number of nitrogens with zero attached hydrogens (tertiary/aromatic N) is 1. The lowest BCUT2D eigenvalue weighted by Gasteiger charge is -2.32. The molecule has 7 heteroatoms. The van der Waals surface area contributed by atoms with Crippen LogP contribution < -0.4 is 5.46 Å². The third-order valence-electron chi connectivity index (χ3n) is 3.91. The van der Waals surface area contributed by atoms with Crippen LogP contribution in [0, 0.1) is 0 Å². The lowest BCUT2D eigenvalue weighted by molar-refractivity contribution is -0.0558. The molecule has 20 heavy (non-hydrogen) atoms. The quantitative estimate of drug-likeness (QED) is 0.854. The van der Waals surface area contributed by atoms with Crippen LogP contribution in [0.2, 0.25) is 0 Å². The van der Waals surface area contributed by atoms with Gasteiger partial charge in [0.1, 0.15) is 6.61 Å². The molecule has 0 atom stereocenters. The summed E-state index contributed by atoms with van der Waals surface area (Å²) in [6.07, 6.45) is 2.46. The first kappa shape index (κ1) is 15.3. The lowest BCUT2D eigenvalue weighted by atomic mass is 9.79. The molecule has 0 radical (unpaired) electrons. The van der Waals surface area contributed by atoms with Crippen LogP contribution in [-0.2, 0) is 15.2 Å². The molecule has 1 fully saturated rings. The second-order valence-corrected chi connectivity index (χ2v) is 5.96. The Morgan fingerprint density at radius 2 is 1.75 bits per heavy atom. The van der Waals surface area contributed by atoms with Crippen LogP contribution in [0.4, 0.5) is 8.78 Å². The van der Waals surface area contributed by atoms with E-state index < -0.39 is 30.8 Å². The second kappa shape index (κ2) is 4.75. The highest BCUT2D eigenvalue weighted by atomic mass is 19.3. The highest BCUT2D eigenvalue weighted by molar-refractivity contribution is 6.62. The van der Waals surface area contributed by atoms with E-state index in [4.69, 9.17) is 14.4 Å². The molecule has 2 rings (SSSR count). The molecule has 2 heterocycles. The Kier molecular flexibility index (Phi) is 3.65. The van der Waals surface area contributed by atoms with Gasteiger partial charge in [0.15, 0.2) is 0 Å². The van der Waals surface area contributed by atoms with Gasteiger partial charge in [-0.15, -0.1) is 0 Å². The van der Waals surface area contributed by atoms with E-state index in [-0.39, 0.29) is 5.56 Å². The van der Waals surface area contributed by atoms with Crippen LogP contribution in [-0.4, -0.2) is 35.0 Å². The van der Waals surface area contributed by atoms with Crippen molar-refractivity contribution in [2.45, 2.75) is 44.8 Å². The molecule has 1 aliphatic rings. The number of hydrogen-bond donors (Lipinski definition) is 1. The lowest BCUT2D eigenvalue weighted by Crippen LogP contribution is -2.41. The first-order chi connectivity index (χ1) is 9.09. The summed E-state index contributed by atoms with van der Waals surface area (Å²) in [5.74, 6) is -3.33. The maximum Gasteiger partial charge on any atom is 0.496 e. The van der Waals surface area contributed by atoms with Gasteiger partial charge in [0.25, 0.3) is 5.92 Å². The van der Waals surface area contributed by atoms with E-state index in [0.717, 1.165) is 6.20 Å². The SMILES string of the molecule is CC1(C)OB(c2cncc(C(F)(F)CO)c2)OC1(C)C. The summed E-state index contributed by atoms with van der Waals surface area (Å²) in [7, 11) is -0.748. The van der Waals surface area contributed by atoms with Gasteiger partial charge in [-0.2, -0.15) is 8.78 Å². The molecule has 0 saturated carbocycles. The van der Waals surface area contributed by atoms with E-state index >= 15 is 0 Å². The van der Waals surface area contributed by atoms with Crippen molar-refractivity contribution >= 4 is 12.6 Å². The summed E-state index contributed by atoms with van der Waals surface area (Å²) in [6.45, 7) is 6.26. The van der Waals surface area contributed by atoms with Crippen LogP contribution in [0.25, 0.3) is 0 Å². The number of halogens is 2. The average molecular weight is 285 g/mol. The normalized spacial score (nSPS) is 21.2. The zero-order valence-corrected chi connectivity index (χ0v) is 12.0. The Labute approximate surface area is 117 Å². The van der Waals surface area contributed by atoms with Crippen LogP contribution >= 0.6 is 0 Å². The van der Waals surface area contributed by atoms with E-state index in [1.807, 2.05) is 27.7 Å². The fourth-order valence-corrected chi connectivity index (χ4v) is 1.86. The molecule has 4 nitrogen and oxygen atoms in total. The number of alkyl halides is 2. The van der Waals surface area contributed by atoms with E-state index in [9.17, 15) is 8.78 Å². The van der Waals surface area contributed by atoms with E-state index in [1.54, 1.807) is 0 Å². The summed E-state index contributed by atoms with van der Waals surface area (Å²) in [5.41, 5.74) is -1.04. The third-order valence-corrected chi connectivity index (χ3v) is 3.91. The van der Waals surface area contributed by atoms with Crippen molar-refractivity contribution in [2.75, 3.05) is 6.61 Å². The zero-order chi connectivity index (χ0) is 15.2. The molecule has 1 aromatic rings. The van der Waals surface area contributed by atoms with Crippen molar-refractivity contribution in [3.8, 4) is 0 Å². The Morgan fingerprint density at radius 3 is 2.25 bits per heavy atom. The molecule has 0 unspecified atom stereocenters. The van der Waals surface area contributed by atoms with Crippen LogP contribution in [0.1, 0.15) is 33.3 Å². The minimum atomic E-state index is -3.33. The molecule has 110 valence electrons. The van der Waals surface area contributed by atoms with Gasteiger partial charge in [-0.1, -0.05) is 6.07 Å². The number of aliphatic hydroxyl groups excluding tert-OH is 1. The van der Waals surface area contributed by atoms with Crippen molar-refractivity contribution in [2.24, 2.45) is 0 Å². The molecule has 1 N–H and O–H groups in total. The van der Waals surface area contributed by atoms with Crippen molar-refractivity contribution in [1.82, 2.24) is 4.98 Å². The highest BCUT2D eigenvalue weighted by Crippen LogP contribution is 2.36. The van der Waals surface area contributed by atoms with Gasteiger partial charge in [-0.05, 0) is 27.7 Å². The second-order valence-electron chi connectivity index (χ2n) is 5.96. The van der Waals surface area contributed by atoms with Crippen LogP contribution in [0.3, 0.4) is 0 Å². The summed E-state index contributed by atoms with van der Waals surface area (Å²) in [4.78, 5) is 3.79. The minimum absolute atomic E-state index is 0.354. The third kappa shape index (κ3) is 2.57. The standard InChI is InChI=1S/C13H18BF2NO3/c1-11(2)12(3,4)20-14(19-11)10-5-9(6-17-7-10)13(15,16)8-18/h5-7,18H,8H2,1-4H3. The number of hydrogen-bond acceptors (Lipinski definition) is 4. The zero-order valence-electron chi connectivity index (χ0n) is 12.0. The van der Waals surface area contributed by atoms with Gasteiger partial charge in [0, 0.05) is 23.4 Å². The summed E-state index contributed by atoms with van der Waals surface area (Å²) in [6, 6.07) is 1.26. The van der Waals surface area contributed by atoms with Crippen molar-refractivity contribution in [3.63, 3.8) is 0 Å². The van der Waals surface area contributed by atoms with E-state index in [0.29, 0.717) is 5.46 Å². The van der Waals surface area contributed by atoms with Gasteiger partial charge in [0.05, 0.1) is 11.2 Å². The largest absolute Gasteiger partial charge is 0.496 e. The van der Waals surface area contributed by atoms with Crippen molar-refractivity contribution in [1.29, 1.82) is 0 Å². The molecular formula is C13H18BF2NO3. The van der Waals surface area contributed by atoms with E-state index in [2.05, 4.69) is 4.98 Å². The Balaban J connectivity index is 2.30. The Hall–Kier alpha value is -1.05. The highest BCUT2D eigenvalue weighted by Gasteiger charge is 2.52. The van der Waals surface area contributed by atoms with Crippen LogP contribution in [0.15, 0.2) is 18.5 Å². The average Bonchev–Trinajstić information content (AvgIpc) is 2.59. The minimum Gasteiger partial charge on any atom is -0.399 e.